The lowest BCUT2D eigenvalue weighted by atomic mass is 9.97. The largest absolute Gasteiger partial charge is 0.325 e. The van der Waals surface area contributed by atoms with E-state index in [0.29, 0.717) is 5.02 Å². The Morgan fingerprint density at radius 2 is 2.12 bits per heavy atom. The van der Waals surface area contributed by atoms with Crippen molar-refractivity contribution in [1.82, 2.24) is 5.32 Å². The summed E-state index contributed by atoms with van der Waals surface area (Å²) in [5.41, 5.74) is 0.737. The van der Waals surface area contributed by atoms with Crippen molar-refractivity contribution in [3.63, 3.8) is 0 Å². The van der Waals surface area contributed by atoms with E-state index >= 15 is 0 Å². The highest BCUT2D eigenvalue weighted by atomic mass is 79.9. The number of benzene rings is 1. The quantitative estimate of drug-likeness (QED) is 0.880. The molecule has 17 heavy (non-hydrogen) atoms. The van der Waals surface area contributed by atoms with Crippen LogP contribution >= 0.6 is 27.5 Å². The summed E-state index contributed by atoms with van der Waals surface area (Å²) in [6.07, 6.45) is 1.79. The third-order valence-electron chi connectivity index (χ3n) is 2.92. The van der Waals surface area contributed by atoms with Crippen LogP contribution in [0.5, 0.6) is 0 Å². The van der Waals surface area contributed by atoms with Crippen molar-refractivity contribution < 1.29 is 4.79 Å². The van der Waals surface area contributed by atoms with E-state index in [9.17, 15) is 4.79 Å². The van der Waals surface area contributed by atoms with Gasteiger partial charge in [-0.2, -0.15) is 0 Å². The number of piperidine rings is 1. The highest BCUT2D eigenvalue weighted by molar-refractivity contribution is 9.10. The number of hydrogen-bond donors (Lipinski definition) is 2. The molecule has 0 aliphatic carbocycles. The Labute approximate surface area is 114 Å². The smallest absolute Gasteiger partial charge is 0.227 e. The van der Waals surface area contributed by atoms with Gasteiger partial charge in [0.25, 0.3) is 0 Å². The molecular formula is C12H14BrClN2O. The van der Waals surface area contributed by atoms with Crippen molar-refractivity contribution in [3.05, 3.63) is 27.7 Å². The summed E-state index contributed by atoms with van der Waals surface area (Å²) in [7, 11) is 0. The second-order valence-electron chi connectivity index (χ2n) is 4.11. The highest BCUT2D eigenvalue weighted by Gasteiger charge is 2.21. The normalized spacial score (nSPS) is 16.8. The van der Waals surface area contributed by atoms with E-state index in [4.69, 9.17) is 11.6 Å². The van der Waals surface area contributed by atoms with E-state index in [0.717, 1.165) is 36.1 Å². The number of amides is 1. The first kappa shape index (κ1) is 12.9. The predicted molar refractivity (Wildman–Crippen MR) is 73.4 cm³/mol. The van der Waals surface area contributed by atoms with Crippen LogP contribution in [0.2, 0.25) is 5.02 Å². The first-order valence-corrected chi connectivity index (χ1v) is 6.81. The van der Waals surface area contributed by atoms with Gasteiger partial charge in [-0.1, -0.05) is 17.7 Å². The molecule has 0 aromatic heterocycles. The maximum Gasteiger partial charge on any atom is 0.227 e. The average molecular weight is 318 g/mol. The third kappa shape index (κ3) is 3.21. The summed E-state index contributed by atoms with van der Waals surface area (Å²) in [5, 5.41) is 6.77. The Morgan fingerprint density at radius 1 is 1.41 bits per heavy atom. The van der Waals surface area contributed by atoms with Crippen LogP contribution < -0.4 is 10.6 Å². The lowest BCUT2D eigenvalue weighted by molar-refractivity contribution is -0.120. The molecular weight excluding hydrogens is 304 g/mol. The summed E-state index contributed by atoms with van der Waals surface area (Å²) < 4.78 is 0.740. The minimum atomic E-state index is 0.0782. The SMILES string of the molecule is O=C(Nc1cccc(Cl)c1Br)C1CCNCC1. The lowest BCUT2D eigenvalue weighted by Gasteiger charge is -2.22. The number of carbonyl (C=O) groups is 1. The zero-order valence-corrected chi connectivity index (χ0v) is 11.6. The summed E-state index contributed by atoms with van der Waals surface area (Å²) in [6, 6.07) is 5.45. The molecule has 1 aromatic carbocycles. The second-order valence-corrected chi connectivity index (χ2v) is 5.32. The standard InChI is InChI=1S/C12H14BrClN2O/c13-11-9(14)2-1-3-10(11)16-12(17)8-4-6-15-7-5-8/h1-3,8,15H,4-7H2,(H,16,17). The lowest BCUT2D eigenvalue weighted by Crippen LogP contribution is -2.34. The average Bonchev–Trinajstić information content (AvgIpc) is 2.36. The Hall–Kier alpha value is -0.580. The maximum absolute atomic E-state index is 12.0. The summed E-state index contributed by atoms with van der Waals surface area (Å²) >= 11 is 9.35. The molecule has 1 fully saturated rings. The number of halogens is 2. The van der Waals surface area contributed by atoms with E-state index in [2.05, 4.69) is 26.6 Å². The van der Waals surface area contributed by atoms with E-state index in [1.54, 1.807) is 6.07 Å². The van der Waals surface area contributed by atoms with Gasteiger partial charge in [0, 0.05) is 5.92 Å². The molecule has 3 nitrogen and oxygen atoms in total. The van der Waals surface area contributed by atoms with E-state index in [1.807, 2.05) is 12.1 Å². The molecule has 1 aliphatic rings. The molecule has 5 heteroatoms. The van der Waals surface area contributed by atoms with Crippen molar-refractivity contribution in [2.75, 3.05) is 18.4 Å². The molecule has 0 unspecified atom stereocenters. The molecule has 1 aliphatic heterocycles. The Bertz CT molecular complexity index is 419. The summed E-state index contributed by atoms with van der Waals surface area (Å²) in [6.45, 7) is 1.82. The van der Waals surface area contributed by atoms with Crippen LogP contribution in [0.15, 0.2) is 22.7 Å². The number of nitrogens with one attached hydrogen (secondary N) is 2. The fourth-order valence-corrected chi connectivity index (χ4v) is 2.46. The van der Waals surface area contributed by atoms with Gasteiger partial charge >= 0.3 is 0 Å². The van der Waals surface area contributed by atoms with Crippen molar-refractivity contribution in [1.29, 1.82) is 0 Å². The topological polar surface area (TPSA) is 41.1 Å². The van der Waals surface area contributed by atoms with Crippen LogP contribution in [0.4, 0.5) is 5.69 Å². The molecule has 2 rings (SSSR count). The monoisotopic (exact) mass is 316 g/mol. The van der Waals surface area contributed by atoms with E-state index in [1.165, 1.54) is 0 Å². The van der Waals surface area contributed by atoms with Gasteiger partial charge in [0.1, 0.15) is 0 Å². The maximum atomic E-state index is 12.0. The molecule has 1 amide bonds. The van der Waals surface area contributed by atoms with Crippen molar-refractivity contribution in [2.24, 2.45) is 5.92 Å². The van der Waals surface area contributed by atoms with Crippen LogP contribution in [0.25, 0.3) is 0 Å². The van der Waals surface area contributed by atoms with Gasteiger partial charge in [-0.05, 0) is 54.0 Å². The Balaban J connectivity index is 2.04. The zero-order chi connectivity index (χ0) is 12.3. The van der Waals surface area contributed by atoms with Crippen LogP contribution in [-0.4, -0.2) is 19.0 Å². The van der Waals surface area contributed by atoms with Gasteiger partial charge in [-0.25, -0.2) is 0 Å². The number of anilines is 1. The predicted octanol–water partition coefficient (Wildman–Crippen LogP) is 3.04. The van der Waals surface area contributed by atoms with Gasteiger partial charge in [0.2, 0.25) is 5.91 Å². The van der Waals surface area contributed by atoms with E-state index in [-0.39, 0.29) is 11.8 Å². The first-order chi connectivity index (χ1) is 8.18. The van der Waals surface area contributed by atoms with Gasteiger partial charge in [-0.15, -0.1) is 0 Å². The van der Waals surface area contributed by atoms with Gasteiger partial charge < -0.3 is 10.6 Å². The molecule has 2 N–H and O–H groups in total. The van der Waals surface area contributed by atoms with Gasteiger partial charge in [0.15, 0.2) is 0 Å². The van der Waals surface area contributed by atoms with Crippen molar-refractivity contribution >= 4 is 39.1 Å². The molecule has 1 saturated heterocycles. The third-order valence-corrected chi connectivity index (χ3v) is 4.32. The van der Waals surface area contributed by atoms with Crippen LogP contribution in [0.3, 0.4) is 0 Å². The van der Waals surface area contributed by atoms with Crippen molar-refractivity contribution in [3.8, 4) is 0 Å². The first-order valence-electron chi connectivity index (χ1n) is 5.64. The summed E-state index contributed by atoms with van der Waals surface area (Å²) in [4.78, 5) is 12.0. The van der Waals surface area contributed by atoms with Crippen molar-refractivity contribution in [2.45, 2.75) is 12.8 Å². The van der Waals surface area contributed by atoms with Crippen LogP contribution in [-0.2, 0) is 4.79 Å². The molecule has 0 bridgehead atoms. The van der Waals surface area contributed by atoms with Gasteiger partial charge in [-0.3, -0.25) is 4.79 Å². The minimum absolute atomic E-state index is 0.0782. The Kier molecular flexibility index (Phi) is 4.42. The fraction of sp³-hybridized carbons (Fsp3) is 0.417. The highest BCUT2D eigenvalue weighted by Crippen LogP contribution is 2.30. The minimum Gasteiger partial charge on any atom is -0.325 e. The molecule has 1 aromatic rings. The molecule has 0 radical (unpaired) electrons. The molecule has 0 saturated carbocycles. The fourth-order valence-electron chi connectivity index (χ4n) is 1.92. The zero-order valence-electron chi connectivity index (χ0n) is 9.30. The Morgan fingerprint density at radius 3 is 2.82 bits per heavy atom. The molecule has 1 heterocycles. The number of hydrogen-bond acceptors (Lipinski definition) is 2. The van der Waals surface area contributed by atoms with Crippen LogP contribution in [0, 0.1) is 5.92 Å². The second kappa shape index (κ2) is 5.85. The molecule has 0 atom stereocenters. The molecule has 0 spiro atoms. The van der Waals surface area contributed by atoms with E-state index < -0.39 is 0 Å². The summed E-state index contributed by atoms with van der Waals surface area (Å²) in [5.74, 6) is 0.177. The number of rotatable bonds is 2. The van der Waals surface area contributed by atoms with Gasteiger partial charge in [0.05, 0.1) is 15.2 Å². The number of carbonyl (C=O) groups excluding carboxylic acids is 1. The molecule has 92 valence electrons. The van der Waals surface area contributed by atoms with Crippen LogP contribution in [0.1, 0.15) is 12.8 Å².